The Kier molecular flexibility index (Phi) is 5.67. The Labute approximate surface area is 134 Å². The summed E-state index contributed by atoms with van der Waals surface area (Å²) in [5.41, 5.74) is 0.823. The van der Waals surface area contributed by atoms with E-state index in [1.165, 1.54) is 19.2 Å². The van der Waals surface area contributed by atoms with Crippen LogP contribution in [0.25, 0.3) is 0 Å². The standard InChI is InChI=1S/C16H20N2O5/c1-23-16(20)17(14-6-4-13(11-19)5-7-14)10-12-2-8-15(9-3-12)18(21)22/h2-3,8-9,11,13-14H,4-7,10H2,1H3. The highest BCUT2D eigenvalue weighted by Gasteiger charge is 2.29. The monoisotopic (exact) mass is 320 g/mol. The number of ether oxygens (including phenoxy) is 1. The second-order valence-electron chi connectivity index (χ2n) is 5.73. The summed E-state index contributed by atoms with van der Waals surface area (Å²) in [4.78, 5) is 34.8. The molecule has 1 aliphatic rings. The predicted molar refractivity (Wildman–Crippen MR) is 82.9 cm³/mol. The number of nitro groups is 1. The molecule has 0 heterocycles. The van der Waals surface area contributed by atoms with Crippen LogP contribution in [0.4, 0.5) is 10.5 Å². The third-order valence-corrected chi connectivity index (χ3v) is 4.28. The van der Waals surface area contributed by atoms with Gasteiger partial charge in [-0.15, -0.1) is 0 Å². The zero-order chi connectivity index (χ0) is 16.8. The van der Waals surface area contributed by atoms with E-state index < -0.39 is 11.0 Å². The first kappa shape index (κ1) is 16.9. The number of amides is 1. The summed E-state index contributed by atoms with van der Waals surface area (Å²) in [5.74, 6) is 0.0742. The number of nitrogens with zero attached hydrogens (tertiary/aromatic N) is 2. The third kappa shape index (κ3) is 4.28. The molecule has 1 aromatic carbocycles. The molecular formula is C16H20N2O5. The number of non-ortho nitro benzene ring substituents is 1. The molecule has 0 bridgehead atoms. The topological polar surface area (TPSA) is 89.8 Å². The molecule has 7 heteroatoms. The van der Waals surface area contributed by atoms with Gasteiger partial charge >= 0.3 is 6.09 Å². The summed E-state index contributed by atoms with van der Waals surface area (Å²) >= 11 is 0. The number of hydrogen-bond acceptors (Lipinski definition) is 5. The van der Waals surface area contributed by atoms with Crippen molar-refractivity contribution in [1.29, 1.82) is 0 Å². The molecule has 7 nitrogen and oxygen atoms in total. The van der Waals surface area contributed by atoms with E-state index in [1.54, 1.807) is 17.0 Å². The van der Waals surface area contributed by atoms with Gasteiger partial charge in [-0.05, 0) is 31.2 Å². The quantitative estimate of drug-likeness (QED) is 0.473. The van der Waals surface area contributed by atoms with Crippen LogP contribution in [0.2, 0.25) is 0 Å². The molecule has 0 aromatic heterocycles. The Morgan fingerprint density at radius 3 is 2.39 bits per heavy atom. The highest BCUT2D eigenvalue weighted by molar-refractivity contribution is 5.68. The molecule has 0 N–H and O–H groups in total. The van der Waals surface area contributed by atoms with Gasteiger partial charge in [-0.2, -0.15) is 0 Å². The van der Waals surface area contributed by atoms with Crippen molar-refractivity contribution in [2.45, 2.75) is 38.3 Å². The lowest BCUT2D eigenvalue weighted by molar-refractivity contribution is -0.384. The fraction of sp³-hybridized carbons (Fsp3) is 0.500. The zero-order valence-corrected chi connectivity index (χ0v) is 13.0. The highest BCUT2D eigenvalue weighted by Crippen LogP contribution is 2.28. The first-order valence-corrected chi connectivity index (χ1v) is 7.58. The number of methoxy groups -OCH3 is 1. The van der Waals surface area contributed by atoms with E-state index in [0.717, 1.165) is 37.5 Å². The number of nitro benzene ring substituents is 1. The van der Waals surface area contributed by atoms with Gasteiger partial charge < -0.3 is 14.4 Å². The minimum Gasteiger partial charge on any atom is -0.453 e. The lowest BCUT2D eigenvalue weighted by Crippen LogP contribution is -2.42. The van der Waals surface area contributed by atoms with E-state index in [-0.39, 0.29) is 17.6 Å². The van der Waals surface area contributed by atoms with Crippen LogP contribution < -0.4 is 0 Å². The number of rotatable bonds is 5. The van der Waals surface area contributed by atoms with Crippen LogP contribution in [0.15, 0.2) is 24.3 Å². The second kappa shape index (κ2) is 7.71. The molecule has 1 fully saturated rings. The van der Waals surface area contributed by atoms with Crippen LogP contribution in [-0.2, 0) is 16.1 Å². The number of carbonyl (C=O) groups excluding carboxylic acids is 2. The van der Waals surface area contributed by atoms with Gasteiger partial charge in [0.05, 0.1) is 12.0 Å². The van der Waals surface area contributed by atoms with Crippen molar-refractivity contribution < 1.29 is 19.2 Å². The van der Waals surface area contributed by atoms with Gasteiger partial charge in [0, 0.05) is 30.6 Å². The summed E-state index contributed by atoms with van der Waals surface area (Å²) in [5, 5.41) is 10.7. The van der Waals surface area contributed by atoms with Gasteiger partial charge in [0.25, 0.3) is 5.69 Å². The fourth-order valence-electron chi connectivity index (χ4n) is 2.93. The molecule has 124 valence electrons. The van der Waals surface area contributed by atoms with Crippen LogP contribution >= 0.6 is 0 Å². The minimum absolute atomic E-state index is 0.0184. The Morgan fingerprint density at radius 2 is 1.91 bits per heavy atom. The molecular weight excluding hydrogens is 300 g/mol. The summed E-state index contributed by atoms with van der Waals surface area (Å²) in [6, 6.07) is 6.16. The third-order valence-electron chi connectivity index (χ3n) is 4.28. The molecule has 1 aromatic rings. The molecule has 0 saturated heterocycles. The molecule has 0 radical (unpaired) electrons. The number of aldehydes is 1. The van der Waals surface area contributed by atoms with Crippen LogP contribution in [0.5, 0.6) is 0 Å². The molecule has 0 unspecified atom stereocenters. The first-order valence-electron chi connectivity index (χ1n) is 7.58. The maximum atomic E-state index is 12.1. The van der Waals surface area contributed by atoms with Gasteiger partial charge in [-0.3, -0.25) is 10.1 Å². The van der Waals surface area contributed by atoms with E-state index >= 15 is 0 Å². The van der Waals surface area contributed by atoms with Crippen molar-refractivity contribution in [3.8, 4) is 0 Å². The van der Waals surface area contributed by atoms with E-state index in [0.29, 0.717) is 6.54 Å². The molecule has 2 rings (SSSR count). The van der Waals surface area contributed by atoms with E-state index in [2.05, 4.69) is 0 Å². The normalized spacial score (nSPS) is 20.6. The Hall–Kier alpha value is -2.44. The maximum Gasteiger partial charge on any atom is 0.410 e. The van der Waals surface area contributed by atoms with Crippen LogP contribution in [0, 0.1) is 16.0 Å². The summed E-state index contributed by atoms with van der Waals surface area (Å²) in [7, 11) is 1.34. The molecule has 1 saturated carbocycles. The Bertz CT molecular complexity index is 564. The lowest BCUT2D eigenvalue weighted by Gasteiger charge is -2.34. The number of benzene rings is 1. The molecule has 23 heavy (non-hydrogen) atoms. The van der Waals surface area contributed by atoms with Gasteiger partial charge in [0.15, 0.2) is 0 Å². The molecule has 0 spiro atoms. The van der Waals surface area contributed by atoms with Crippen LogP contribution in [0.1, 0.15) is 31.2 Å². The fourth-order valence-corrected chi connectivity index (χ4v) is 2.93. The lowest BCUT2D eigenvalue weighted by atomic mass is 9.86. The minimum atomic E-state index is -0.456. The van der Waals surface area contributed by atoms with E-state index in [9.17, 15) is 19.7 Å². The summed E-state index contributed by atoms with van der Waals surface area (Å²) < 4.78 is 4.86. The van der Waals surface area contributed by atoms with Gasteiger partial charge in [-0.1, -0.05) is 12.1 Å². The Morgan fingerprint density at radius 1 is 1.30 bits per heavy atom. The van der Waals surface area contributed by atoms with Crippen molar-refractivity contribution in [3.05, 3.63) is 39.9 Å². The number of hydrogen-bond donors (Lipinski definition) is 0. The first-order chi connectivity index (χ1) is 11.0. The maximum absolute atomic E-state index is 12.1. The van der Waals surface area contributed by atoms with Crippen molar-refractivity contribution in [2.75, 3.05) is 7.11 Å². The molecule has 0 aliphatic heterocycles. The number of carbonyl (C=O) groups is 2. The second-order valence-corrected chi connectivity index (χ2v) is 5.73. The van der Waals surface area contributed by atoms with Crippen molar-refractivity contribution in [3.63, 3.8) is 0 Å². The van der Waals surface area contributed by atoms with Crippen molar-refractivity contribution in [1.82, 2.24) is 4.90 Å². The zero-order valence-electron chi connectivity index (χ0n) is 13.0. The molecule has 1 amide bonds. The van der Waals surface area contributed by atoms with Crippen molar-refractivity contribution in [2.24, 2.45) is 5.92 Å². The summed E-state index contributed by atoms with van der Waals surface area (Å²) in [6.07, 6.45) is 3.61. The summed E-state index contributed by atoms with van der Waals surface area (Å²) in [6.45, 7) is 0.334. The van der Waals surface area contributed by atoms with Gasteiger partial charge in [0.2, 0.25) is 0 Å². The average molecular weight is 320 g/mol. The highest BCUT2D eigenvalue weighted by atomic mass is 16.6. The SMILES string of the molecule is COC(=O)N(Cc1ccc([N+](=O)[O-])cc1)C1CCC(C=O)CC1. The Balaban J connectivity index is 2.08. The van der Waals surface area contributed by atoms with Crippen molar-refractivity contribution >= 4 is 18.1 Å². The average Bonchev–Trinajstić information content (AvgIpc) is 2.59. The van der Waals surface area contributed by atoms with Gasteiger partial charge in [-0.25, -0.2) is 4.79 Å². The van der Waals surface area contributed by atoms with E-state index in [4.69, 9.17) is 4.74 Å². The smallest absolute Gasteiger partial charge is 0.410 e. The molecule has 1 aliphatic carbocycles. The predicted octanol–water partition coefficient (Wildman–Crippen LogP) is 2.92. The largest absolute Gasteiger partial charge is 0.453 e. The van der Waals surface area contributed by atoms with Gasteiger partial charge in [0.1, 0.15) is 6.29 Å². The van der Waals surface area contributed by atoms with Crippen LogP contribution in [-0.4, -0.2) is 35.4 Å². The molecule has 0 atom stereocenters. The van der Waals surface area contributed by atoms with Crippen LogP contribution in [0.3, 0.4) is 0 Å². The van der Waals surface area contributed by atoms with E-state index in [1.807, 2.05) is 0 Å².